The molecule has 0 saturated heterocycles. The topological polar surface area (TPSA) is 62.1 Å². The predicted molar refractivity (Wildman–Crippen MR) is 111 cm³/mol. The van der Waals surface area contributed by atoms with Gasteiger partial charge in [-0.15, -0.1) is 0 Å². The van der Waals surface area contributed by atoms with Gasteiger partial charge >= 0.3 is 0 Å². The van der Waals surface area contributed by atoms with Gasteiger partial charge in [0.2, 0.25) is 0 Å². The number of carbonyl (C=O) groups is 1. The lowest BCUT2D eigenvalue weighted by molar-refractivity contribution is -0.112. The molecule has 1 N–H and O–H groups in total. The Labute approximate surface area is 172 Å². The molecule has 0 aliphatic carbocycles. The highest BCUT2D eigenvalue weighted by Crippen LogP contribution is 2.20. The highest BCUT2D eigenvalue weighted by molar-refractivity contribution is 6.31. The number of nitrogens with one attached hydrogen (secondary N) is 1. The third-order valence-electron chi connectivity index (χ3n) is 4.01. The number of ether oxygens (including phenoxy) is 1. The molecule has 0 aromatic heterocycles. The van der Waals surface area contributed by atoms with Crippen LogP contribution in [0, 0.1) is 17.1 Å². The van der Waals surface area contributed by atoms with E-state index in [-0.39, 0.29) is 5.57 Å². The van der Waals surface area contributed by atoms with Crippen LogP contribution < -0.4 is 10.1 Å². The van der Waals surface area contributed by atoms with Crippen molar-refractivity contribution in [3.63, 3.8) is 0 Å². The molecule has 1 amide bonds. The van der Waals surface area contributed by atoms with E-state index >= 15 is 0 Å². The molecule has 144 valence electrons. The number of amides is 1. The minimum absolute atomic E-state index is 0.0703. The molecule has 0 atom stereocenters. The van der Waals surface area contributed by atoms with Crippen LogP contribution in [0.3, 0.4) is 0 Å². The molecule has 0 saturated carbocycles. The summed E-state index contributed by atoms with van der Waals surface area (Å²) in [5, 5.41) is 12.5. The Balaban J connectivity index is 1.65. The zero-order valence-electron chi connectivity index (χ0n) is 15.2. The van der Waals surface area contributed by atoms with Gasteiger partial charge in [-0.1, -0.05) is 41.9 Å². The van der Waals surface area contributed by atoms with E-state index in [9.17, 15) is 14.4 Å². The largest absolute Gasteiger partial charge is 0.489 e. The molecule has 3 rings (SSSR count). The molecule has 3 aromatic rings. The van der Waals surface area contributed by atoms with Crippen LogP contribution in [-0.4, -0.2) is 5.91 Å². The zero-order chi connectivity index (χ0) is 20.6. The maximum Gasteiger partial charge on any atom is 0.266 e. The first kappa shape index (κ1) is 20.1. The van der Waals surface area contributed by atoms with E-state index in [1.807, 2.05) is 24.3 Å². The fourth-order valence-corrected chi connectivity index (χ4v) is 2.67. The zero-order valence-corrected chi connectivity index (χ0v) is 16.0. The smallest absolute Gasteiger partial charge is 0.266 e. The lowest BCUT2D eigenvalue weighted by atomic mass is 10.1. The molecule has 0 aliphatic heterocycles. The summed E-state index contributed by atoms with van der Waals surface area (Å²) in [5.41, 5.74) is 1.88. The standard InChI is InChI=1S/C23H16ClFN2O2/c24-22-4-2-1-3-17(22)15-29-21-11-5-16(6-12-21)13-18(14-26)23(28)27-20-9-7-19(25)8-10-20/h1-13H,15H2,(H,27,28). The van der Waals surface area contributed by atoms with Crippen molar-refractivity contribution in [2.24, 2.45) is 0 Å². The molecular formula is C23H16ClFN2O2. The van der Waals surface area contributed by atoms with Crippen molar-refractivity contribution in [1.82, 2.24) is 0 Å². The molecule has 0 unspecified atom stereocenters. The number of nitrogens with zero attached hydrogens (tertiary/aromatic N) is 1. The lowest BCUT2D eigenvalue weighted by Gasteiger charge is -2.08. The number of nitriles is 1. The van der Waals surface area contributed by atoms with Crippen LogP contribution in [-0.2, 0) is 11.4 Å². The van der Waals surface area contributed by atoms with E-state index in [1.165, 1.54) is 30.3 Å². The maximum absolute atomic E-state index is 12.9. The normalized spacial score (nSPS) is 10.9. The molecule has 0 radical (unpaired) electrons. The SMILES string of the molecule is N#CC(=Cc1ccc(OCc2ccccc2Cl)cc1)C(=O)Nc1ccc(F)cc1. The quantitative estimate of drug-likeness (QED) is 0.428. The first-order valence-electron chi connectivity index (χ1n) is 8.70. The second kappa shape index (κ2) is 9.54. The molecule has 4 nitrogen and oxygen atoms in total. The van der Waals surface area contributed by atoms with E-state index < -0.39 is 11.7 Å². The Bertz CT molecular complexity index is 1070. The average Bonchev–Trinajstić information content (AvgIpc) is 2.74. The summed E-state index contributed by atoms with van der Waals surface area (Å²) in [6, 6.07) is 21.6. The predicted octanol–water partition coefficient (Wildman–Crippen LogP) is 5.60. The number of rotatable bonds is 6. The fourth-order valence-electron chi connectivity index (χ4n) is 2.48. The molecule has 0 aliphatic rings. The second-order valence-electron chi connectivity index (χ2n) is 6.08. The van der Waals surface area contributed by atoms with Crippen LogP contribution in [0.1, 0.15) is 11.1 Å². The number of anilines is 1. The summed E-state index contributed by atoms with van der Waals surface area (Å²) in [7, 11) is 0. The van der Waals surface area contributed by atoms with Crippen molar-refractivity contribution in [2.45, 2.75) is 6.61 Å². The van der Waals surface area contributed by atoms with Crippen LogP contribution >= 0.6 is 11.6 Å². The Hall–Kier alpha value is -3.62. The third kappa shape index (κ3) is 5.68. The lowest BCUT2D eigenvalue weighted by Crippen LogP contribution is -2.13. The van der Waals surface area contributed by atoms with Crippen molar-refractivity contribution in [1.29, 1.82) is 5.26 Å². The van der Waals surface area contributed by atoms with Crippen LogP contribution in [0.2, 0.25) is 5.02 Å². The fraction of sp³-hybridized carbons (Fsp3) is 0.0435. The molecule has 29 heavy (non-hydrogen) atoms. The summed E-state index contributed by atoms with van der Waals surface area (Å²) in [6.45, 7) is 0.332. The highest BCUT2D eigenvalue weighted by Gasteiger charge is 2.10. The first-order valence-corrected chi connectivity index (χ1v) is 9.08. The summed E-state index contributed by atoms with van der Waals surface area (Å²) < 4.78 is 18.7. The van der Waals surface area contributed by atoms with Crippen LogP contribution in [0.5, 0.6) is 5.75 Å². The van der Waals surface area contributed by atoms with Crippen molar-refractivity contribution >= 4 is 29.3 Å². The molecule has 6 heteroatoms. The van der Waals surface area contributed by atoms with Gasteiger partial charge in [-0.2, -0.15) is 5.26 Å². The van der Waals surface area contributed by atoms with Crippen molar-refractivity contribution in [2.75, 3.05) is 5.32 Å². The Morgan fingerprint density at radius 1 is 1.07 bits per heavy atom. The van der Waals surface area contributed by atoms with E-state index in [4.69, 9.17) is 16.3 Å². The van der Waals surface area contributed by atoms with Crippen molar-refractivity contribution < 1.29 is 13.9 Å². The van der Waals surface area contributed by atoms with Gasteiger partial charge in [0.1, 0.15) is 29.8 Å². The summed E-state index contributed by atoms with van der Waals surface area (Å²) in [6.07, 6.45) is 1.47. The number of halogens is 2. The van der Waals surface area contributed by atoms with Gasteiger partial charge in [0.05, 0.1) is 0 Å². The number of hydrogen-bond acceptors (Lipinski definition) is 3. The monoisotopic (exact) mass is 406 g/mol. The Morgan fingerprint density at radius 2 is 1.76 bits per heavy atom. The van der Waals surface area contributed by atoms with E-state index in [0.29, 0.717) is 28.6 Å². The molecule has 0 spiro atoms. The number of benzene rings is 3. The van der Waals surface area contributed by atoms with Gasteiger partial charge in [-0.05, 0) is 54.1 Å². The van der Waals surface area contributed by atoms with Gasteiger partial charge in [0, 0.05) is 16.3 Å². The molecular weight excluding hydrogens is 391 g/mol. The molecule has 0 heterocycles. The number of hydrogen-bond donors (Lipinski definition) is 1. The maximum atomic E-state index is 12.9. The molecule has 3 aromatic carbocycles. The Kier molecular flexibility index (Phi) is 6.62. The van der Waals surface area contributed by atoms with E-state index in [1.54, 1.807) is 30.3 Å². The van der Waals surface area contributed by atoms with Gasteiger partial charge in [0.25, 0.3) is 5.91 Å². The minimum Gasteiger partial charge on any atom is -0.489 e. The first-order chi connectivity index (χ1) is 14.0. The van der Waals surface area contributed by atoms with Crippen LogP contribution in [0.4, 0.5) is 10.1 Å². The van der Waals surface area contributed by atoms with E-state index in [2.05, 4.69) is 5.32 Å². The van der Waals surface area contributed by atoms with Crippen LogP contribution in [0.25, 0.3) is 6.08 Å². The van der Waals surface area contributed by atoms with Gasteiger partial charge in [0.15, 0.2) is 0 Å². The highest BCUT2D eigenvalue weighted by atomic mass is 35.5. The summed E-state index contributed by atoms with van der Waals surface area (Å²) in [4.78, 5) is 12.3. The van der Waals surface area contributed by atoms with Gasteiger partial charge in [-0.25, -0.2) is 4.39 Å². The average molecular weight is 407 g/mol. The summed E-state index contributed by atoms with van der Waals surface area (Å²) in [5.74, 6) is -0.342. The second-order valence-corrected chi connectivity index (χ2v) is 6.49. The number of carbonyl (C=O) groups excluding carboxylic acids is 1. The third-order valence-corrected chi connectivity index (χ3v) is 4.38. The minimum atomic E-state index is -0.571. The molecule has 0 bridgehead atoms. The van der Waals surface area contributed by atoms with Crippen molar-refractivity contribution in [3.05, 3.63) is 100 Å². The van der Waals surface area contributed by atoms with E-state index in [0.717, 1.165) is 5.56 Å². The molecule has 0 fully saturated rings. The van der Waals surface area contributed by atoms with Gasteiger partial charge in [-0.3, -0.25) is 4.79 Å². The Morgan fingerprint density at radius 3 is 2.41 bits per heavy atom. The van der Waals surface area contributed by atoms with Gasteiger partial charge < -0.3 is 10.1 Å². The summed E-state index contributed by atoms with van der Waals surface area (Å²) >= 11 is 6.11. The van der Waals surface area contributed by atoms with Crippen molar-refractivity contribution in [3.8, 4) is 11.8 Å². The van der Waals surface area contributed by atoms with Crippen LogP contribution in [0.15, 0.2) is 78.4 Å².